The maximum atomic E-state index is 6.22. The number of nitrogens with zero attached hydrogens (tertiary/aromatic N) is 2. The Balaban J connectivity index is 2.77. The van der Waals surface area contributed by atoms with E-state index in [1.165, 1.54) is 0 Å². The first-order chi connectivity index (χ1) is 8.10. The van der Waals surface area contributed by atoms with Crippen LogP contribution in [0.1, 0.15) is 18.9 Å². The SMILES string of the molecule is CSCCC(C)N(C)c1ncc(CN)cc1Cl. The van der Waals surface area contributed by atoms with Crippen molar-refractivity contribution in [3.05, 3.63) is 22.8 Å². The minimum atomic E-state index is 0.427. The van der Waals surface area contributed by atoms with E-state index in [-0.39, 0.29) is 0 Å². The summed E-state index contributed by atoms with van der Waals surface area (Å²) in [5, 5.41) is 0.673. The van der Waals surface area contributed by atoms with E-state index in [0.717, 1.165) is 23.6 Å². The maximum Gasteiger partial charge on any atom is 0.147 e. The van der Waals surface area contributed by atoms with E-state index in [9.17, 15) is 0 Å². The van der Waals surface area contributed by atoms with Crippen molar-refractivity contribution in [2.75, 3.05) is 24.0 Å². The number of anilines is 1. The number of hydrogen-bond donors (Lipinski definition) is 1. The number of halogens is 1. The number of rotatable bonds is 6. The van der Waals surface area contributed by atoms with Gasteiger partial charge in [-0.15, -0.1) is 0 Å². The van der Waals surface area contributed by atoms with Crippen molar-refractivity contribution in [3.63, 3.8) is 0 Å². The summed E-state index contributed by atoms with van der Waals surface area (Å²) in [6.07, 6.45) is 5.03. The van der Waals surface area contributed by atoms with Crippen molar-refractivity contribution in [1.29, 1.82) is 0 Å². The topological polar surface area (TPSA) is 42.2 Å². The quantitative estimate of drug-likeness (QED) is 0.865. The number of thioether (sulfide) groups is 1. The zero-order valence-electron chi connectivity index (χ0n) is 10.6. The van der Waals surface area contributed by atoms with Crippen molar-refractivity contribution in [2.45, 2.75) is 25.9 Å². The lowest BCUT2D eigenvalue weighted by molar-refractivity contribution is 0.662. The highest BCUT2D eigenvalue weighted by Crippen LogP contribution is 2.25. The fourth-order valence-electron chi connectivity index (χ4n) is 1.53. The van der Waals surface area contributed by atoms with Crippen molar-refractivity contribution in [2.24, 2.45) is 5.73 Å². The number of aromatic nitrogens is 1. The Morgan fingerprint density at radius 3 is 2.82 bits per heavy atom. The molecule has 1 heterocycles. The maximum absolute atomic E-state index is 6.22. The van der Waals surface area contributed by atoms with Gasteiger partial charge in [-0.25, -0.2) is 4.98 Å². The lowest BCUT2D eigenvalue weighted by Gasteiger charge is -2.26. The molecule has 1 unspecified atom stereocenters. The summed E-state index contributed by atoms with van der Waals surface area (Å²) < 4.78 is 0. The zero-order valence-corrected chi connectivity index (χ0v) is 12.2. The fourth-order valence-corrected chi connectivity index (χ4v) is 2.43. The highest BCUT2D eigenvalue weighted by Gasteiger charge is 2.14. The Morgan fingerprint density at radius 2 is 2.29 bits per heavy atom. The molecule has 0 aliphatic heterocycles. The largest absolute Gasteiger partial charge is 0.356 e. The second kappa shape index (κ2) is 7.09. The minimum Gasteiger partial charge on any atom is -0.356 e. The van der Waals surface area contributed by atoms with Crippen LogP contribution in [-0.4, -0.2) is 30.1 Å². The van der Waals surface area contributed by atoms with Gasteiger partial charge in [-0.05, 0) is 37.0 Å². The molecule has 2 N–H and O–H groups in total. The van der Waals surface area contributed by atoms with Gasteiger partial charge >= 0.3 is 0 Å². The predicted octanol–water partition coefficient (Wildman–Crippen LogP) is 2.77. The lowest BCUT2D eigenvalue weighted by atomic mass is 10.2. The molecule has 5 heteroatoms. The van der Waals surface area contributed by atoms with Crippen LogP contribution >= 0.6 is 23.4 Å². The van der Waals surface area contributed by atoms with E-state index < -0.39 is 0 Å². The average Bonchev–Trinajstić information content (AvgIpc) is 2.34. The minimum absolute atomic E-state index is 0.427. The number of nitrogens with two attached hydrogens (primary N) is 1. The normalized spacial score (nSPS) is 12.5. The van der Waals surface area contributed by atoms with E-state index in [1.54, 1.807) is 6.20 Å². The predicted molar refractivity (Wildman–Crippen MR) is 78.0 cm³/mol. The summed E-state index contributed by atoms with van der Waals surface area (Å²) in [4.78, 5) is 6.51. The van der Waals surface area contributed by atoms with Gasteiger partial charge in [-0.3, -0.25) is 0 Å². The number of hydrogen-bond acceptors (Lipinski definition) is 4. The van der Waals surface area contributed by atoms with Gasteiger partial charge in [0, 0.05) is 25.8 Å². The summed E-state index contributed by atoms with van der Waals surface area (Å²) in [7, 11) is 2.03. The van der Waals surface area contributed by atoms with E-state index in [4.69, 9.17) is 17.3 Å². The molecule has 3 nitrogen and oxygen atoms in total. The van der Waals surface area contributed by atoms with Crippen LogP contribution in [0, 0.1) is 0 Å². The molecule has 17 heavy (non-hydrogen) atoms. The third-order valence-electron chi connectivity index (χ3n) is 2.85. The third kappa shape index (κ3) is 4.05. The van der Waals surface area contributed by atoms with Gasteiger partial charge in [0.25, 0.3) is 0 Å². The summed E-state index contributed by atoms with van der Waals surface area (Å²) in [5.41, 5.74) is 6.52. The smallest absolute Gasteiger partial charge is 0.147 e. The van der Waals surface area contributed by atoms with Gasteiger partial charge in [-0.1, -0.05) is 11.6 Å². The summed E-state index contributed by atoms with van der Waals surface area (Å²) in [6, 6.07) is 2.32. The van der Waals surface area contributed by atoms with Gasteiger partial charge in [0.1, 0.15) is 5.82 Å². The van der Waals surface area contributed by atoms with Crippen molar-refractivity contribution in [3.8, 4) is 0 Å². The Bertz CT molecular complexity index is 360. The van der Waals surface area contributed by atoms with Crippen LogP contribution in [0.2, 0.25) is 5.02 Å². The Morgan fingerprint density at radius 1 is 1.59 bits per heavy atom. The molecule has 96 valence electrons. The van der Waals surface area contributed by atoms with Crippen LogP contribution in [-0.2, 0) is 6.54 Å². The lowest BCUT2D eigenvalue weighted by Crippen LogP contribution is -2.30. The van der Waals surface area contributed by atoms with Gasteiger partial charge in [-0.2, -0.15) is 11.8 Å². The molecule has 0 aromatic carbocycles. The summed E-state index contributed by atoms with van der Waals surface area (Å²) >= 11 is 8.07. The monoisotopic (exact) mass is 273 g/mol. The first-order valence-corrected chi connectivity index (χ1v) is 7.43. The average molecular weight is 274 g/mol. The molecule has 0 aliphatic carbocycles. The van der Waals surface area contributed by atoms with E-state index in [0.29, 0.717) is 17.6 Å². The molecule has 0 saturated carbocycles. The van der Waals surface area contributed by atoms with Gasteiger partial charge in [0.15, 0.2) is 0 Å². The molecule has 0 fully saturated rings. The molecule has 0 bridgehead atoms. The van der Waals surface area contributed by atoms with E-state index >= 15 is 0 Å². The van der Waals surface area contributed by atoms with Crippen LogP contribution in [0.3, 0.4) is 0 Å². The third-order valence-corrected chi connectivity index (χ3v) is 3.77. The standard InChI is InChI=1S/C12H20ClN3S/c1-9(4-5-17-3)16(2)12-11(13)6-10(7-14)8-15-12/h6,8-9H,4-5,7,14H2,1-3H3. The fraction of sp³-hybridized carbons (Fsp3) is 0.583. The van der Waals surface area contributed by atoms with E-state index in [1.807, 2.05) is 24.9 Å². The molecule has 1 rings (SSSR count). The second-order valence-electron chi connectivity index (χ2n) is 4.09. The second-order valence-corrected chi connectivity index (χ2v) is 5.49. The molecule has 0 radical (unpaired) electrons. The molecule has 0 spiro atoms. The molecule has 0 amide bonds. The van der Waals surface area contributed by atoms with Gasteiger partial charge in [0.05, 0.1) is 5.02 Å². The first-order valence-electron chi connectivity index (χ1n) is 5.66. The molecule has 1 aromatic rings. The molecule has 1 aromatic heterocycles. The molecule has 1 atom stereocenters. The molecular formula is C12H20ClN3S. The Labute approximate surface area is 113 Å². The van der Waals surface area contributed by atoms with Crippen molar-refractivity contribution >= 4 is 29.2 Å². The molecule has 0 aliphatic rings. The van der Waals surface area contributed by atoms with Crippen LogP contribution in [0.15, 0.2) is 12.3 Å². The van der Waals surface area contributed by atoms with Crippen LogP contribution < -0.4 is 10.6 Å². The Hall–Kier alpha value is -0.450. The Kier molecular flexibility index (Phi) is 6.09. The van der Waals surface area contributed by atoms with Gasteiger partial charge in [0.2, 0.25) is 0 Å². The van der Waals surface area contributed by atoms with Crippen molar-refractivity contribution < 1.29 is 0 Å². The molecule has 0 saturated heterocycles. The van der Waals surface area contributed by atoms with Crippen LogP contribution in [0.4, 0.5) is 5.82 Å². The van der Waals surface area contributed by atoms with E-state index in [2.05, 4.69) is 23.1 Å². The number of pyridine rings is 1. The first kappa shape index (κ1) is 14.6. The highest BCUT2D eigenvalue weighted by atomic mass is 35.5. The van der Waals surface area contributed by atoms with Crippen LogP contribution in [0.5, 0.6) is 0 Å². The van der Waals surface area contributed by atoms with Crippen LogP contribution in [0.25, 0.3) is 0 Å². The highest BCUT2D eigenvalue weighted by molar-refractivity contribution is 7.98. The van der Waals surface area contributed by atoms with Gasteiger partial charge < -0.3 is 10.6 Å². The zero-order chi connectivity index (χ0) is 12.8. The summed E-state index contributed by atoms with van der Waals surface area (Å²) in [6.45, 7) is 2.66. The molecular weight excluding hydrogens is 254 g/mol. The van der Waals surface area contributed by atoms with Crippen molar-refractivity contribution in [1.82, 2.24) is 4.98 Å². The summed E-state index contributed by atoms with van der Waals surface area (Å²) in [5.74, 6) is 1.97.